The summed E-state index contributed by atoms with van der Waals surface area (Å²) >= 11 is 0. The van der Waals surface area contributed by atoms with Gasteiger partial charge in [-0.2, -0.15) is 5.26 Å². The second-order valence-corrected chi connectivity index (χ2v) is 8.37. The SMILES string of the molecule is N#Cc1ccnc(Nc2cc(C3CC3)cc(-c3cccc(CN4CCNC(=O)C4)c3)n2)c1. The van der Waals surface area contributed by atoms with E-state index in [1.807, 2.05) is 6.07 Å². The third-order valence-electron chi connectivity index (χ3n) is 5.79. The van der Waals surface area contributed by atoms with Gasteiger partial charge in [0.15, 0.2) is 0 Å². The molecule has 5 rings (SSSR count). The number of nitrogens with zero attached hydrogens (tertiary/aromatic N) is 4. The van der Waals surface area contributed by atoms with E-state index < -0.39 is 0 Å². The van der Waals surface area contributed by atoms with Gasteiger partial charge in [-0.25, -0.2) is 9.97 Å². The first-order valence-electron chi connectivity index (χ1n) is 10.9. The first-order valence-corrected chi connectivity index (χ1v) is 10.9. The van der Waals surface area contributed by atoms with Gasteiger partial charge in [0.2, 0.25) is 5.91 Å². The van der Waals surface area contributed by atoms with Gasteiger partial charge in [-0.05, 0) is 60.2 Å². The fraction of sp³-hybridized carbons (Fsp3) is 0.280. The first-order chi connectivity index (χ1) is 15.7. The fourth-order valence-electron chi connectivity index (χ4n) is 4.03. The number of anilines is 2. The van der Waals surface area contributed by atoms with E-state index in [-0.39, 0.29) is 5.91 Å². The van der Waals surface area contributed by atoms with Gasteiger partial charge in [0.1, 0.15) is 11.6 Å². The number of aromatic nitrogens is 2. The molecule has 0 radical (unpaired) electrons. The fourth-order valence-corrected chi connectivity index (χ4v) is 4.03. The van der Waals surface area contributed by atoms with Crippen LogP contribution < -0.4 is 10.6 Å². The minimum Gasteiger partial charge on any atom is -0.354 e. The second kappa shape index (κ2) is 8.77. The first kappa shape index (κ1) is 20.2. The summed E-state index contributed by atoms with van der Waals surface area (Å²) in [6.07, 6.45) is 4.02. The maximum atomic E-state index is 11.7. The molecule has 1 aromatic carbocycles. The Bertz CT molecular complexity index is 1200. The average Bonchev–Trinajstić information content (AvgIpc) is 3.65. The average molecular weight is 425 g/mol. The van der Waals surface area contributed by atoms with Crippen molar-refractivity contribution in [3.05, 3.63) is 71.4 Å². The summed E-state index contributed by atoms with van der Waals surface area (Å²) in [6, 6.07) is 18.2. The molecule has 0 atom stereocenters. The summed E-state index contributed by atoms with van der Waals surface area (Å²) in [5, 5.41) is 15.3. The van der Waals surface area contributed by atoms with Gasteiger partial charge in [-0.15, -0.1) is 0 Å². The van der Waals surface area contributed by atoms with Crippen LogP contribution in [0.15, 0.2) is 54.7 Å². The number of hydrogen-bond acceptors (Lipinski definition) is 6. The minimum absolute atomic E-state index is 0.0796. The van der Waals surface area contributed by atoms with Crippen LogP contribution in [0, 0.1) is 11.3 Å². The second-order valence-electron chi connectivity index (χ2n) is 8.37. The number of benzene rings is 1. The summed E-state index contributed by atoms with van der Waals surface area (Å²) in [5.41, 5.74) is 4.95. The van der Waals surface area contributed by atoms with Gasteiger partial charge >= 0.3 is 0 Å². The number of piperazine rings is 1. The highest BCUT2D eigenvalue weighted by atomic mass is 16.2. The Hall–Kier alpha value is -3.76. The van der Waals surface area contributed by atoms with Crippen molar-refractivity contribution in [3.8, 4) is 17.3 Å². The molecule has 7 heteroatoms. The van der Waals surface area contributed by atoms with Crippen molar-refractivity contribution in [2.45, 2.75) is 25.3 Å². The van der Waals surface area contributed by atoms with E-state index in [0.29, 0.717) is 30.4 Å². The molecule has 7 nitrogen and oxygen atoms in total. The van der Waals surface area contributed by atoms with E-state index in [1.165, 1.54) is 18.4 Å². The van der Waals surface area contributed by atoms with Crippen molar-refractivity contribution in [2.24, 2.45) is 0 Å². The van der Waals surface area contributed by atoms with Crippen LogP contribution >= 0.6 is 0 Å². The molecular formula is C25H24N6O. The zero-order valence-electron chi connectivity index (χ0n) is 17.7. The molecule has 1 aliphatic heterocycles. The predicted molar refractivity (Wildman–Crippen MR) is 122 cm³/mol. The molecule has 1 saturated heterocycles. The van der Waals surface area contributed by atoms with Crippen LogP contribution in [0.1, 0.15) is 35.4 Å². The molecule has 0 bridgehead atoms. The lowest BCUT2D eigenvalue weighted by Crippen LogP contribution is -2.47. The van der Waals surface area contributed by atoms with E-state index in [9.17, 15) is 4.79 Å². The Balaban J connectivity index is 1.42. The van der Waals surface area contributed by atoms with Crippen LogP contribution in [-0.4, -0.2) is 40.4 Å². The van der Waals surface area contributed by atoms with Crippen molar-refractivity contribution in [2.75, 3.05) is 25.0 Å². The largest absolute Gasteiger partial charge is 0.354 e. The Labute approximate surface area is 187 Å². The molecular weight excluding hydrogens is 400 g/mol. The van der Waals surface area contributed by atoms with Gasteiger partial charge < -0.3 is 10.6 Å². The van der Waals surface area contributed by atoms with Crippen molar-refractivity contribution in [3.63, 3.8) is 0 Å². The normalized spacial score (nSPS) is 16.3. The maximum absolute atomic E-state index is 11.7. The van der Waals surface area contributed by atoms with Crippen molar-refractivity contribution < 1.29 is 4.79 Å². The standard InChI is InChI=1S/C25H24N6O/c26-14-17-6-7-27-23(11-17)30-24-13-21(19-4-5-19)12-22(29-24)20-3-1-2-18(10-20)15-31-9-8-28-25(32)16-31/h1-3,6-7,10-13,19H,4-5,8-9,15-16H2,(H,28,32)(H,27,29,30). The van der Waals surface area contributed by atoms with Crippen LogP contribution in [0.5, 0.6) is 0 Å². The zero-order valence-corrected chi connectivity index (χ0v) is 17.7. The van der Waals surface area contributed by atoms with Crippen LogP contribution in [0.4, 0.5) is 11.6 Å². The molecule has 2 aliphatic rings. The number of hydrogen-bond donors (Lipinski definition) is 2. The van der Waals surface area contributed by atoms with E-state index in [2.05, 4.69) is 56.9 Å². The van der Waals surface area contributed by atoms with Crippen LogP contribution in [0.3, 0.4) is 0 Å². The van der Waals surface area contributed by atoms with Crippen molar-refractivity contribution in [1.29, 1.82) is 5.26 Å². The van der Waals surface area contributed by atoms with Gasteiger partial charge in [0.25, 0.3) is 0 Å². The lowest BCUT2D eigenvalue weighted by atomic mass is 10.0. The Morgan fingerprint density at radius 3 is 2.88 bits per heavy atom. The van der Waals surface area contributed by atoms with E-state index >= 15 is 0 Å². The quantitative estimate of drug-likeness (QED) is 0.628. The third-order valence-corrected chi connectivity index (χ3v) is 5.79. The molecule has 160 valence electrons. The molecule has 1 amide bonds. The van der Waals surface area contributed by atoms with E-state index in [4.69, 9.17) is 10.2 Å². The molecule has 3 heterocycles. The molecule has 1 aliphatic carbocycles. The Morgan fingerprint density at radius 2 is 2.06 bits per heavy atom. The summed E-state index contributed by atoms with van der Waals surface area (Å²) in [4.78, 5) is 23.0. The molecule has 0 spiro atoms. The number of amides is 1. The molecule has 32 heavy (non-hydrogen) atoms. The summed E-state index contributed by atoms with van der Waals surface area (Å²) < 4.78 is 0. The molecule has 1 saturated carbocycles. The van der Waals surface area contributed by atoms with Crippen molar-refractivity contribution in [1.82, 2.24) is 20.2 Å². The van der Waals surface area contributed by atoms with E-state index in [0.717, 1.165) is 35.7 Å². The van der Waals surface area contributed by atoms with Gasteiger partial charge in [0, 0.05) is 31.4 Å². The van der Waals surface area contributed by atoms with Gasteiger partial charge in [0.05, 0.1) is 23.9 Å². The predicted octanol–water partition coefficient (Wildman–Crippen LogP) is 3.57. The van der Waals surface area contributed by atoms with Gasteiger partial charge in [-0.3, -0.25) is 9.69 Å². The molecule has 2 aromatic heterocycles. The smallest absolute Gasteiger partial charge is 0.234 e. The number of rotatable bonds is 6. The zero-order chi connectivity index (χ0) is 21.9. The third kappa shape index (κ3) is 4.76. The molecule has 2 fully saturated rings. The number of nitrogens with one attached hydrogen (secondary N) is 2. The number of nitriles is 1. The lowest BCUT2D eigenvalue weighted by Gasteiger charge is -2.26. The highest BCUT2D eigenvalue weighted by Gasteiger charge is 2.25. The molecule has 2 N–H and O–H groups in total. The molecule has 0 unspecified atom stereocenters. The highest BCUT2D eigenvalue weighted by molar-refractivity contribution is 5.78. The minimum atomic E-state index is 0.0796. The van der Waals surface area contributed by atoms with E-state index in [1.54, 1.807) is 18.3 Å². The van der Waals surface area contributed by atoms with Crippen LogP contribution in [-0.2, 0) is 11.3 Å². The highest BCUT2D eigenvalue weighted by Crippen LogP contribution is 2.42. The summed E-state index contributed by atoms with van der Waals surface area (Å²) in [5.74, 6) is 1.99. The Kier molecular flexibility index (Phi) is 5.53. The van der Waals surface area contributed by atoms with Gasteiger partial charge in [-0.1, -0.05) is 18.2 Å². The lowest BCUT2D eigenvalue weighted by molar-refractivity contribution is -0.124. The van der Waals surface area contributed by atoms with Crippen molar-refractivity contribution >= 4 is 17.5 Å². The number of carbonyl (C=O) groups excluding carboxylic acids is 1. The summed E-state index contributed by atoms with van der Waals surface area (Å²) in [7, 11) is 0. The molecule has 3 aromatic rings. The number of carbonyl (C=O) groups is 1. The monoisotopic (exact) mass is 424 g/mol. The Morgan fingerprint density at radius 1 is 1.16 bits per heavy atom. The topological polar surface area (TPSA) is 93.9 Å². The number of pyridine rings is 2. The maximum Gasteiger partial charge on any atom is 0.234 e. The summed E-state index contributed by atoms with van der Waals surface area (Å²) in [6.45, 7) is 2.72. The van der Waals surface area contributed by atoms with Crippen LogP contribution in [0.25, 0.3) is 11.3 Å². The van der Waals surface area contributed by atoms with Crippen LogP contribution in [0.2, 0.25) is 0 Å².